The summed E-state index contributed by atoms with van der Waals surface area (Å²) in [5, 5.41) is 1.01. The number of hydrogen-bond acceptors (Lipinski definition) is 3. The molecule has 2 aromatic carbocycles. The van der Waals surface area contributed by atoms with Crippen molar-refractivity contribution < 1.29 is 4.79 Å². The van der Waals surface area contributed by atoms with Gasteiger partial charge in [0.2, 0.25) is 0 Å². The van der Waals surface area contributed by atoms with Gasteiger partial charge >= 0.3 is 0 Å². The van der Waals surface area contributed by atoms with Crippen molar-refractivity contribution in [3.63, 3.8) is 0 Å². The van der Waals surface area contributed by atoms with Gasteiger partial charge in [-0.05, 0) is 36.6 Å². The van der Waals surface area contributed by atoms with Crippen LogP contribution in [0.2, 0.25) is 5.02 Å². The Labute approximate surface area is 144 Å². The van der Waals surface area contributed by atoms with Gasteiger partial charge in [-0.15, -0.1) is 11.3 Å². The van der Waals surface area contributed by atoms with E-state index in [1.54, 1.807) is 24.3 Å². The SMILES string of the molecule is Nc1sc(CCc2ccccc2)cc1C(=O)c1ccccc1Cl. The van der Waals surface area contributed by atoms with Gasteiger partial charge < -0.3 is 5.73 Å². The summed E-state index contributed by atoms with van der Waals surface area (Å²) in [6.07, 6.45) is 1.80. The minimum atomic E-state index is -0.115. The van der Waals surface area contributed by atoms with Gasteiger partial charge in [-0.3, -0.25) is 4.79 Å². The average Bonchev–Trinajstić information content (AvgIpc) is 2.95. The number of anilines is 1. The maximum Gasteiger partial charge on any atom is 0.197 e. The Kier molecular flexibility index (Phi) is 4.79. The second-order valence-corrected chi connectivity index (χ2v) is 6.86. The number of carbonyl (C=O) groups excluding carboxylic acids is 1. The molecule has 0 aliphatic rings. The van der Waals surface area contributed by atoms with Crippen LogP contribution in [0, 0.1) is 0 Å². The second kappa shape index (κ2) is 6.99. The fraction of sp³-hybridized carbons (Fsp3) is 0.105. The third kappa shape index (κ3) is 3.63. The Hall–Kier alpha value is -2.10. The van der Waals surface area contributed by atoms with Crippen LogP contribution in [-0.2, 0) is 12.8 Å². The predicted octanol–water partition coefficient (Wildman–Crippen LogP) is 5.00. The first-order valence-electron chi connectivity index (χ1n) is 7.36. The predicted molar refractivity (Wildman–Crippen MR) is 97.5 cm³/mol. The number of hydrogen-bond donors (Lipinski definition) is 1. The molecule has 0 aliphatic carbocycles. The minimum Gasteiger partial charge on any atom is -0.390 e. The van der Waals surface area contributed by atoms with Crippen molar-refractivity contribution in [3.8, 4) is 0 Å². The fourth-order valence-corrected chi connectivity index (χ4v) is 3.61. The van der Waals surface area contributed by atoms with Crippen LogP contribution in [0.4, 0.5) is 5.00 Å². The topological polar surface area (TPSA) is 43.1 Å². The molecule has 0 bridgehead atoms. The zero-order chi connectivity index (χ0) is 16.2. The molecule has 0 aliphatic heterocycles. The molecular formula is C19H16ClNOS. The summed E-state index contributed by atoms with van der Waals surface area (Å²) in [6.45, 7) is 0. The molecule has 0 spiro atoms. The van der Waals surface area contributed by atoms with Crippen LogP contribution >= 0.6 is 22.9 Å². The molecule has 23 heavy (non-hydrogen) atoms. The summed E-state index contributed by atoms with van der Waals surface area (Å²) in [4.78, 5) is 13.7. The molecule has 116 valence electrons. The molecule has 3 aromatic rings. The van der Waals surface area contributed by atoms with E-state index in [-0.39, 0.29) is 5.78 Å². The third-order valence-electron chi connectivity index (χ3n) is 3.68. The molecule has 1 heterocycles. The molecule has 0 unspecified atom stereocenters. The first-order chi connectivity index (χ1) is 11.1. The lowest BCUT2D eigenvalue weighted by Crippen LogP contribution is -2.03. The Balaban J connectivity index is 1.78. The van der Waals surface area contributed by atoms with Crippen molar-refractivity contribution in [2.24, 2.45) is 0 Å². The summed E-state index contributed by atoms with van der Waals surface area (Å²) < 4.78 is 0. The van der Waals surface area contributed by atoms with E-state index in [1.165, 1.54) is 16.9 Å². The van der Waals surface area contributed by atoms with Crippen LogP contribution in [0.5, 0.6) is 0 Å². The van der Waals surface area contributed by atoms with Crippen LogP contribution < -0.4 is 5.73 Å². The Morgan fingerprint density at radius 1 is 0.957 bits per heavy atom. The lowest BCUT2D eigenvalue weighted by molar-refractivity contribution is 0.104. The van der Waals surface area contributed by atoms with Gasteiger partial charge in [0.1, 0.15) is 0 Å². The van der Waals surface area contributed by atoms with Crippen molar-refractivity contribution in [2.45, 2.75) is 12.8 Å². The molecule has 0 amide bonds. The lowest BCUT2D eigenvalue weighted by atomic mass is 10.0. The molecule has 0 fully saturated rings. The maximum atomic E-state index is 12.6. The Bertz CT molecular complexity index is 826. The van der Waals surface area contributed by atoms with E-state index in [4.69, 9.17) is 17.3 Å². The first-order valence-corrected chi connectivity index (χ1v) is 8.56. The average molecular weight is 342 g/mol. The number of nitrogens with two attached hydrogens (primary N) is 1. The lowest BCUT2D eigenvalue weighted by Gasteiger charge is -2.02. The van der Waals surface area contributed by atoms with Crippen molar-refractivity contribution in [2.75, 3.05) is 5.73 Å². The molecule has 0 saturated carbocycles. The van der Waals surface area contributed by atoms with E-state index in [1.807, 2.05) is 24.3 Å². The molecule has 0 radical (unpaired) electrons. The van der Waals surface area contributed by atoms with Gasteiger partial charge in [-0.2, -0.15) is 0 Å². The highest BCUT2D eigenvalue weighted by Gasteiger charge is 2.18. The zero-order valence-corrected chi connectivity index (χ0v) is 14.0. The van der Waals surface area contributed by atoms with Gasteiger partial charge in [-0.25, -0.2) is 0 Å². The zero-order valence-electron chi connectivity index (χ0n) is 12.5. The highest BCUT2D eigenvalue weighted by molar-refractivity contribution is 7.16. The van der Waals surface area contributed by atoms with E-state index >= 15 is 0 Å². The van der Waals surface area contributed by atoms with Crippen LogP contribution in [0.25, 0.3) is 0 Å². The fourth-order valence-electron chi connectivity index (χ4n) is 2.46. The summed E-state index contributed by atoms with van der Waals surface area (Å²) >= 11 is 7.59. The van der Waals surface area contributed by atoms with Gasteiger partial charge in [0.15, 0.2) is 5.78 Å². The number of aryl methyl sites for hydroxylation is 2. The van der Waals surface area contributed by atoms with Gasteiger partial charge in [0.05, 0.1) is 15.6 Å². The molecular weight excluding hydrogens is 326 g/mol. The number of halogens is 1. The van der Waals surface area contributed by atoms with Gasteiger partial charge in [0.25, 0.3) is 0 Å². The highest BCUT2D eigenvalue weighted by Crippen LogP contribution is 2.30. The minimum absolute atomic E-state index is 0.115. The van der Waals surface area contributed by atoms with E-state index < -0.39 is 0 Å². The monoisotopic (exact) mass is 341 g/mol. The molecule has 0 atom stereocenters. The number of carbonyl (C=O) groups is 1. The van der Waals surface area contributed by atoms with E-state index in [0.29, 0.717) is 21.2 Å². The Morgan fingerprint density at radius 2 is 1.65 bits per heavy atom. The highest BCUT2D eigenvalue weighted by atomic mass is 35.5. The first kappa shape index (κ1) is 15.8. The van der Waals surface area contributed by atoms with Crippen molar-refractivity contribution in [1.29, 1.82) is 0 Å². The molecule has 0 saturated heterocycles. The Morgan fingerprint density at radius 3 is 2.39 bits per heavy atom. The van der Waals surface area contributed by atoms with Gasteiger partial charge in [-0.1, -0.05) is 54.1 Å². The van der Waals surface area contributed by atoms with Crippen molar-refractivity contribution >= 4 is 33.7 Å². The maximum absolute atomic E-state index is 12.6. The van der Waals surface area contributed by atoms with Crippen LogP contribution in [0.1, 0.15) is 26.4 Å². The van der Waals surface area contributed by atoms with Crippen LogP contribution in [0.3, 0.4) is 0 Å². The normalized spacial score (nSPS) is 10.7. The quantitative estimate of drug-likeness (QED) is 0.663. The summed E-state index contributed by atoms with van der Waals surface area (Å²) in [5.41, 5.74) is 8.37. The van der Waals surface area contributed by atoms with Crippen LogP contribution in [-0.4, -0.2) is 5.78 Å². The van der Waals surface area contributed by atoms with Crippen molar-refractivity contribution in [1.82, 2.24) is 0 Å². The summed E-state index contributed by atoms with van der Waals surface area (Å²) in [6, 6.07) is 19.2. The standard InChI is InChI=1S/C19H16ClNOS/c20-17-9-5-4-8-15(17)18(22)16-12-14(23-19(16)21)11-10-13-6-2-1-3-7-13/h1-9,12H,10-11,21H2. The van der Waals surface area contributed by atoms with E-state index in [0.717, 1.165) is 17.7 Å². The molecule has 3 rings (SSSR count). The number of rotatable bonds is 5. The number of benzene rings is 2. The molecule has 2 nitrogen and oxygen atoms in total. The van der Waals surface area contributed by atoms with E-state index in [9.17, 15) is 4.79 Å². The molecule has 4 heteroatoms. The third-order valence-corrected chi connectivity index (χ3v) is 5.03. The second-order valence-electron chi connectivity index (χ2n) is 5.29. The summed E-state index contributed by atoms with van der Waals surface area (Å²) in [7, 11) is 0. The number of ketones is 1. The molecule has 1 aromatic heterocycles. The van der Waals surface area contributed by atoms with E-state index in [2.05, 4.69) is 12.1 Å². The number of nitrogen functional groups attached to an aromatic ring is 1. The molecule has 2 N–H and O–H groups in total. The summed E-state index contributed by atoms with van der Waals surface area (Å²) in [5.74, 6) is -0.115. The van der Waals surface area contributed by atoms with Crippen molar-refractivity contribution in [3.05, 3.63) is 87.3 Å². The number of thiophene rings is 1. The largest absolute Gasteiger partial charge is 0.390 e. The van der Waals surface area contributed by atoms with Crippen LogP contribution in [0.15, 0.2) is 60.7 Å². The van der Waals surface area contributed by atoms with Gasteiger partial charge in [0, 0.05) is 10.4 Å². The smallest absolute Gasteiger partial charge is 0.197 e.